The zero-order valence-electron chi connectivity index (χ0n) is 16.4. The van der Waals surface area contributed by atoms with Crippen LogP contribution in [0.1, 0.15) is 21.8 Å². The first-order valence-electron chi connectivity index (χ1n) is 8.58. The smallest absolute Gasteiger partial charge is 0.338 e. The summed E-state index contributed by atoms with van der Waals surface area (Å²) in [5.41, 5.74) is 1.01. The zero-order chi connectivity index (χ0) is 21.9. The van der Waals surface area contributed by atoms with Crippen molar-refractivity contribution in [3.8, 4) is 22.9 Å². The van der Waals surface area contributed by atoms with Crippen molar-refractivity contribution in [2.75, 3.05) is 14.2 Å². The third kappa shape index (κ3) is 4.58. The third-order valence-electron chi connectivity index (χ3n) is 4.17. The van der Waals surface area contributed by atoms with E-state index in [1.807, 2.05) is 0 Å². The molecule has 0 spiro atoms. The normalized spacial score (nSPS) is 11.2. The number of rotatable bonds is 7. The van der Waals surface area contributed by atoms with Crippen molar-refractivity contribution < 1.29 is 31.9 Å². The lowest BCUT2D eigenvalue weighted by Crippen LogP contribution is -2.15. The molecule has 0 radical (unpaired) electrons. The zero-order valence-corrected chi connectivity index (χ0v) is 17.2. The summed E-state index contributed by atoms with van der Waals surface area (Å²) in [6.45, 7) is 1.27. The highest BCUT2D eigenvalue weighted by atomic mass is 32.2. The maximum Gasteiger partial charge on any atom is 0.338 e. The molecule has 10 nitrogen and oxygen atoms in total. The van der Waals surface area contributed by atoms with Crippen molar-refractivity contribution in [1.29, 1.82) is 0 Å². The van der Waals surface area contributed by atoms with Crippen LogP contribution in [-0.2, 0) is 21.4 Å². The van der Waals surface area contributed by atoms with E-state index < -0.39 is 16.0 Å². The van der Waals surface area contributed by atoms with Crippen LogP contribution < -0.4 is 14.6 Å². The van der Waals surface area contributed by atoms with Gasteiger partial charge in [-0.1, -0.05) is 11.2 Å². The summed E-state index contributed by atoms with van der Waals surface area (Å²) in [5, 5.41) is 9.03. The first kappa shape index (κ1) is 21.3. The number of aryl methyl sites for hydroxylation is 1. The maximum atomic E-state index is 12.3. The van der Waals surface area contributed by atoms with Gasteiger partial charge in [0.2, 0.25) is 15.8 Å². The van der Waals surface area contributed by atoms with E-state index in [1.54, 1.807) is 25.1 Å². The number of nitrogens with two attached hydrogens (primary N) is 1. The van der Waals surface area contributed by atoms with E-state index in [-0.39, 0.29) is 28.8 Å². The van der Waals surface area contributed by atoms with E-state index in [2.05, 4.69) is 10.1 Å². The molecule has 0 atom stereocenters. The van der Waals surface area contributed by atoms with Crippen LogP contribution in [0.2, 0.25) is 0 Å². The average molecular weight is 433 g/mol. The van der Waals surface area contributed by atoms with Gasteiger partial charge in [0.15, 0.2) is 6.61 Å². The van der Waals surface area contributed by atoms with E-state index >= 15 is 0 Å². The predicted molar refractivity (Wildman–Crippen MR) is 105 cm³/mol. The quantitative estimate of drug-likeness (QED) is 0.554. The Labute approximate surface area is 172 Å². The predicted octanol–water partition coefficient (Wildman–Crippen LogP) is 2.07. The summed E-state index contributed by atoms with van der Waals surface area (Å²) in [5.74, 6) is 0.614. The number of methoxy groups -OCH3 is 2. The molecule has 158 valence electrons. The van der Waals surface area contributed by atoms with Gasteiger partial charge in [0, 0.05) is 6.07 Å². The van der Waals surface area contributed by atoms with E-state index in [9.17, 15) is 13.2 Å². The molecule has 1 aromatic heterocycles. The van der Waals surface area contributed by atoms with E-state index in [1.165, 1.54) is 26.4 Å². The van der Waals surface area contributed by atoms with Crippen LogP contribution in [0, 0.1) is 6.92 Å². The fraction of sp³-hybridized carbons (Fsp3) is 0.211. The Morgan fingerprint density at radius 3 is 2.57 bits per heavy atom. The fourth-order valence-electron chi connectivity index (χ4n) is 2.65. The van der Waals surface area contributed by atoms with Gasteiger partial charge in [-0.15, -0.1) is 0 Å². The molecule has 0 aliphatic heterocycles. The van der Waals surface area contributed by atoms with E-state index in [0.29, 0.717) is 22.6 Å². The Morgan fingerprint density at radius 1 is 1.13 bits per heavy atom. The Balaban J connectivity index is 1.74. The van der Waals surface area contributed by atoms with Crippen LogP contribution in [0.25, 0.3) is 11.4 Å². The van der Waals surface area contributed by atoms with Crippen LogP contribution in [0.4, 0.5) is 0 Å². The number of carbonyl (C=O) groups is 1. The standard InChI is InChI=1S/C19H19N3O7S/c1-11-4-5-12(8-16(11)30(20,24)25)19(23)28-10-17-21-18(22-29-17)14-7-6-13(26-2)9-15(14)27-3/h4-9H,10H2,1-3H3,(H2,20,24,25). The van der Waals surface area contributed by atoms with Gasteiger partial charge in [-0.3, -0.25) is 0 Å². The SMILES string of the molecule is COc1ccc(-c2noc(COC(=O)c3ccc(C)c(S(N)(=O)=O)c3)n2)c(OC)c1. The number of carbonyl (C=O) groups excluding carboxylic acids is 1. The Kier molecular flexibility index (Phi) is 6.04. The van der Waals surface area contributed by atoms with Gasteiger partial charge < -0.3 is 18.7 Å². The lowest BCUT2D eigenvalue weighted by atomic mass is 10.1. The van der Waals surface area contributed by atoms with Gasteiger partial charge >= 0.3 is 5.97 Å². The second-order valence-corrected chi connectivity index (χ2v) is 7.71. The molecule has 30 heavy (non-hydrogen) atoms. The van der Waals surface area contributed by atoms with Crippen molar-refractivity contribution in [3.05, 3.63) is 53.4 Å². The summed E-state index contributed by atoms with van der Waals surface area (Å²) in [6, 6.07) is 9.17. The molecule has 2 N–H and O–H groups in total. The minimum absolute atomic E-state index is 0.0289. The Bertz CT molecular complexity index is 1190. The molecule has 0 aliphatic rings. The third-order valence-corrected chi connectivity index (χ3v) is 5.23. The van der Waals surface area contributed by atoms with Crippen LogP contribution in [0.5, 0.6) is 11.5 Å². The van der Waals surface area contributed by atoms with Crippen molar-refractivity contribution in [2.45, 2.75) is 18.4 Å². The molecular formula is C19H19N3O7S. The summed E-state index contributed by atoms with van der Waals surface area (Å²) in [6.07, 6.45) is 0. The molecule has 0 bridgehead atoms. The second kappa shape index (κ2) is 8.51. The van der Waals surface area contributed by atoms with Crippen LogP contribution in [0.3, 0.4) is 0 Å². The van der Waals surface area contributed by atoms with Crippen molar-refractivity contribution in [1.82, 2.24) is 10.1 Å². The number of aromatic nitrogens is 2. The number of ether oxygens (including phenoxy) is 3. The molecule has 11 heteroatoms. The summed E-state index contributed by atoms with van der Waals surface area (Å²) in [4.78, 5) is 16.3. The van der Waals surface area contributed by atoms with Crippen LogP contribution in [-0.4, -0.2) is 38.7 Å². The highest BCUT2D eigenvalue weighted by molar-refractivity contribution is 7.89. The first-order valence-corrected chi connectivity index (χ1v) is 10.1. The van der Waals surface area contributed by atoms with Gasteiger partial charge in [-0.2, -0.15) is 4.98 Å². The van der Waals surface area contributed by atoms with Gasteiger partial charge in [0.05, 0.1) is 30.2 Å². The monoisotopic (exact) mass is 433 g/mol. The number of nitrogens with zero attached hydrogens (tertiary/aromatic N) is 2. The topological polar surface area (TPSA) is 144 Å². The molecular weight excluding hydrogens is 414 g/mol. The summed E-state index contributed by atoms with van der Waals surface area (Å²) < 4.78 is 43.9. The van der Waals surface area contributed by atoms with Gasteiger partial charge in [-0.05, 0) is 36.8 Å². The molecule has 0 saturated carbocycles. The lowest BCUT2D eigenvalue weighted by Gasteiger charge is -2.07. The van der Waals surface area contributed by atoms with Crippen LogP contribution >= 0.6 is 0 Å². The number of benzene rings is 2. The lowest BCUT2D eigenvalue weighted by molar-refractivity contribution is 0.0429. The van der Waals surface area contributed by atoms with E-state index in [4.69, 9.17) is 23.9 Å². The van der Waals surface area contributed by atoms with Crippen molar-refractivity contribution in [3.63, 3.8) is 0 Å². The van der Waals surface area contributed by atoms with Gasteiger partial charge in [0.25, 0.3) is 5.89 Å². The maximum absolute atomic E-state index is 12.3. The molecule has 2 aromatic carbocycles. The second-order valence-electron chi connectivity index (χ2n) is 6.18. The highest BCUT2D eigenvalue weighted by Gasteiger charge is 2.18. The summed E-state index contributed by atoms with van der Waals surface area (Å²) >= 11 is 0. The Hall–Kier alpha value is -3.44. The Morgan fingerprint density at radius 2 is 1.90 bits per heavy atom. The molecule has 0 aliphatic carbocycles. The number of sulfonamides is 1. The molecule has 0 fully saturated rings. The highest BCUT2D eigenvalue weighted by Crippen LogP contribution is 2.31. The number of hydrogen-bond acceptors (Lipinski definition) is 9. The first-order chi connectivity index (χ1) is 14.2. The largest absolute Gasteiger partial charge is 0.497 e. The number of esters is 1. The van der Waals surface area contributed by atoms with Gasteiger partial charge in [-0.25, -0.2) is 18.4 Å². The molecule has 1 heterocycles. The van der Waals surface area contributed by atoms with E-state index in [0.717, 1.165) is 6.07 Å². The van der Waals surface area contributed by atoms with Crippen molar-refractivity contribution >= 4 is 16.0 Å². The molecule has 0 saturated heterocycles. The molecule has 0 unspecified atom stereocenters. The molecule has 0 amide bonds. The molecule has 3 rings (SSSR count). The van der Waals surface area contributed by atoms with Gasteiger partial charge in [0.1, 0.15) is 11.5 Å². The molecule has 3 aromatic rings. The average Bonchev–Trinajstić information content (AvgIpc) is 3.19. The van der Waals surface area contributed by atoms with Crippen LogP contribution in [0.15, 0.2) is 45.8 Å². The van der Waals surface area contributed by atoms with Crippen molar-refractivity contribution in [2.24, 2.45) is 5.14 Å². The number of primary sulfonamides is 1. The minimum atomic E-state index is -3.97. The summed E-state index contributed by atoms with van der Waals surface area (Å²) in [7, 11) is -0.930. The fourth-order valence-corrected chi connectivity index (χ4v) is 3.46. The number of hydrogen-bond donors (Lipinski definition) is 1. The minimum Gasteiger partial charge on any atom is -0.497 e.